The number of methoxy groups -OCH3 is 1. The summed E-state index contributed by atoms with van der Waals surface area (Å²) in [6.45, 7) is 10.2. The van der Waals surface area contributed by atoms with Crippen LogP contribution in [-0.4, -0.2) is 51.2 Å². The lowest BCUT2D eigenvalue weighted by Crippen LogP contribution is -2.42. The molecule has 1 unspecified atom stereocenters. The highest BCUT2D eigenvalue weighted by atomic mass is 32.2. The van der Waals surface area contributed by atoms with Crippen molar-refractivity contribution < 1.29 is 27.4 Å². The number of hydrogen-bond acceptors (Lipinski definition) is 6. The predicted octanol–water partition coefficient (Wildman–Crippen LogP) is 8.81. The van der Waals surface area contributed by atoms with Crippen LogP contribution in [-0.2, 0) is 0 Å². The number of halogens is 3. The second-order valence-electron chi connectivity index (χ2n) is 11.6. The number of aliphatic imine (C=N–C) groups is 1. The summed E-state index contributed by atoms with van der Waals surface area (Å²) in [5.74, 6) is 2.01. The largest absolute Gasteiger partial charge is 0.573 e. The first-order valence-electron chi connectivity index (χ1n) is 15.4. The zero-order valence-corrected chi connectivity index (χ0v) is 28.3. The highest BCUT2D eigenvalue weighted by molar-refractivity contribution is 8.14. The van der Waals surface area contributed by atoms with E-state index in [9.17, 15) is 18.0 Å². The Morgan fingerprint density at radius 1 is 1.04 bits per heavy atom. The number of carbonyl (C=O) groups excluding carboxylic acids is 1. The SMILES string of the molecule is COc1ccc(C(C)C)c(N2C(=NC(=O)N/C(C)=C(\C)c3ccc(-c4ncn(-c5ccc(OC(F)(F)F)cc5)n4)cc3)SCCC2C)c1. The Kier molecular flexibility index (Phi) is 10.5. The molecule has 0 spiro atoms. The quantitative estimate of drug-likeness (QED) is 0.199. The normalized spacial score (nSPS) is 16.6. The summed E-state index contributed by atoms with van der Waals surface area (Å²) in [5, 5.41) is 8.06. The van der Waals surface area contributed by atoms with Gasteiger partial charge in [-0.05, 0) is 80.1 Å². The van der Waals surface area contributed by atoms with E-state index in [1.54, 1.807) is 18.9 Å². The van der Waals surface area contributed by atoms with Gasteiger partial charge in [0.25, 0.3) is 0 Å². The summed E-state index contributed by atoms with van der Waals surface area (Å²) < 4.78 is 48.3. The van der Waals surface area contributed by atoms with Crippen molar-refractivity contribution >= 4 is 34.2 Å². The van der Waals surface area contributed by atoms with E-state index in [0.717, 1.165) is 45.9 Å². The number of carbonyl (C=O) groups is 1. The van der Waals surface area contributed by atoms with Gasteiger partial charge in [-0.1, -0.05) is 55.9 Å². The van der Waals surface area contributed by atoms with E-state index in [4.69, 9.17) is 4.74 Å². The maximum absolute atomic E-state index is 13.2. The van der Waals surface area contributed by atoms with Gasteiger partial charge >= 0.3 is 12.4 Å². The van der Waals surface area contributed by atoms with Gasteiger partial charge in [0.05, 0.1) is 18.5 Å². The Bertz CT molecular complexity index is 1820. The number of urea groups is 1. The molecule has 2 heterocycles. The number of thioether (sulfide) groups is 1. The lowest BCUT2D eigenvalue weighted by atomic mass is 9.99. The number of allylic oxidation sites excluding steroid dienone is 2. The van der Waals surface area contributed by atoms with Crippen LogP contribution < -0.4 is 19.7 Å². The maximum atomic E-state index is 13.2. The summed E-state index contributed by atoms with van der Waals surface area (Å²) in [4.78, 5) is 24.3. The van der Waals surface area contributed by atoms with E-state index < -0.39 is 12.4 Å². The van der Waals surface area contributed by atoms with Crippen molar-refractivity contribution in [1.29, 1.82) is 0 Å². The number of anilines is 1. The molecule has 0 bridgehead atoms. The van der Waals surface area contributed by atoms with Crippen LogP contribution >= 0.6 is 11.8 Å². The summed E-state index contributed by atoms with van der Waals surface area (Å²) in [6.07, 6.45) is -2.32. The lowest BCUT2D eigenvalue weighted by Gasteiger charge is -2.37. The number of alkyl halides is 3. The molecule has 2 amide bonds. The minimum absolute atomic E-state index is 0.151. The lowest BCUT2D eigenvalue weighted by molar-refractivity contribution is -0.274. The van der Waals surface area contributed by atoms with Crippen LogP contribution in [0, 0.1) is 0 Å². The number of nitrogens with zero attached hydrogens (tertiary/aromatic N) is 5. The van der Waals surface area contributed by atoms with E-state index in [2.05, 4.69) is 56.9 Å². The van der Waals surface area contributed by atoms with E-state index in [1.807, 2.05) is 50.2 Å². The molecule has 1 aliphatic heterocycles. The molecule has 0 saturated carbocycles. The van der Waals surface area contributed by atoms with Crippen molar-refractivity contribution in [2.24, 2.45) is 4.99 Å². The van der Waals surface area contributed by atoms with Crippen LogP contribution in [0.25, 0.3) is 22.6 Å². The molecule has 3 aromatic carbocycles. The Hall–Kier alpha value is -4.78. The van der Waals surface area contributed by atoms with Gasteiger partial charge in [0.1, 0.15) is 17.8 Å². The number of hydrogen-bond donors (Lipinski definition) is 1. The Labute approximate surface area is 281 Å². The summed E-state index contributed by atoms with van der Waals surface area (Å²) in [6, 6.07) is 18.7. The molecule has 0 aliphatic carbocycles. The average Bonchev–Trinajstić information content (AvgIpc) is 3.54. The zero-order chi connectivity index (χ0) is 34.6. The average molecular weight is 679 g/mol. The topological polar surface area (TPSA) is 93.9 Å². The third kappa shape index (κ3) is 8.19. The molecule has 5 rings (SSSR count). The minimum Gasteiger partial charge on any atom is -0.497 e. The van der Waals surface area contributed by atoms with Gasteiger partial charge < -0.3 is 19.7 Å². The van der Waals surface area contributed by atoms with Crippen LogP contribution in [0.1, 0.15) is 58.1 Å². The van der Waals surface area contributed by atoms with Crippen molar-refractivity contribution in [3.05, 3.63) is 89.9 Å². The van der Waals surface area contributed by atoms with Gasteiger partial charge in [-0.3, -0.25) is 0 Å². The molecular weight excluding hydrogens is 641 g/mol. The number of rotatable bonds is 8. The molecule has 1 fully saturated rings. The molecule has 1 aromatic heterocycles. The highest BCUT2D eigenvalue weighted by Gasteiger charge is 2.31. The predicted molar refractivity (Wildman–Crippen MR) is 184 cm³/mol. The summed E-state index contributed by atoms with van der Waals surface area (Å²) in [5.41, 5.74) is 5.85. The molecule has 252 valence electrons. The molecule has 13 heteroatoms. The minimum atomic E-state index is -4.76. The summed E-state index contributed by atoms with van der Waals surface area (Å²) in [7, 11) is 1.65. The molecular formula is C35H37F3N6O3S. The maximum Gasteiger partial charge on any atom is 0.573 e. The van der Waals surface area contributed by atoms with Crippen LogP contribution in [0.4, 0.5) is 23.7 Å². The fourth-order valence-corrected chi connectivity index (χ4v) is 6.46. The van der Waals surface area contributed by atoms with Gasteiger partial charge in [0.2, 0.25) is 0 Å². The van der Waals surface area contributed by atoms with Crippen molar-refractivity contribution in [3.8, 4) is 28.6 Å². The van der Waals surface area contributed by atoms with Crippen LogP contribution in [0.15, 0.2) is 83.7 Å². The standard InChI is InChI=1S/C35H37F3N6O3S/c1-21(2)30-16-15-29(46-6)19-31(30)44-22(3)17-18-48-34(44)41-33(45)40-24(5)23(4)25-7-9-26(10-8-25)32-39-20-43(42-32)27-11-13-28(14-12-27)47-35(36,37)38/h7-16,19-22H,17-18H2,1-6H3,(H,40,45)/b24-23+,41-34?. The highest BCUT2D eigenvalue weighted by Crippen LogP contribution is 2.37. The first-order chi connectivity index (χ1) is 22.8. The zero-order valence-electron chi connectivity index (χ0n) is 27.5. The molecule has 4 aromatic rings. The van der Waals surface area contributed by atoms with E-state index >= 15 is 0 Å². The fourth-order valence-electron chi connectivity index (χ4n) is 5.26. The second-order valence-corrected chi connectivity index (χ2v) is 12.7. The third-order valence-corrected chi connectivity index (χ3v) is 8.98. The Morgan fingerprint density at radius 2 is 1.73 bits per heavy atom. The number of amides is 2. The number of aromatic nitrogens is 3. The molecule has 1 N–H and O–H groups in total. The first-order valence-corrected chi connectivity index (χ1v) is 16.4. The van der Waals surface area contributed by atoms with Gasteiger partial charge in [-0.2, -0.15) is 4.99 Å². The second kappa shape index (κ2) is 14.5. The van der Waals surface area contributed by atoms with Crippen LogP contribution in [0.3, 0.4) is 0 Å². The fraction of sp³-hybridized carbons (Fsp3) is 0.314. The van der Waals surface area contributed by atoms with Crippen molar-refractivity contribution in [1.82, 2.24) is 20.1 Å². The number of amidine groups is 1. The van der Waals surface area contributed by atoms with E-state index in [1.165, 1.54) is 35.3 Å². The van der Waals surface area contributed by atoms with Gasteiger partial charge in [-0.15, -0.1) is 18.3 Å². The molecule has 9 nitrogen and oxygen atoms in total. The number of nitrogens with one attached hydrogen (secondary N) is 1. The van der Waals surface area contributed by atoms with E-state index in [-0.39, 0.29) is 17.7 Å². The van der Waals surface area contributed by atoms with Gasteiger partial charge in [0, 0.05) is 29.1 Å². The monoisotopic (exact) mass is 678 g/mol. The summed E-state index contributed by atoms with van der Waals surface area (Å²) >= 11 is 1.56. The Balaban J connectivity index is 1.30. The molecule has 0 radical (unpaired) electrons. The van der Waals surface area contributed by atoms with Crippen molar-refractivity contribution in [2.45, 2.75) is 59.4 Å². The van der Waals surface area contributed by atoms with Crippen LogP contribution in [0.2, 0.25) is 0 Å². The Morgan fingerprint density at radius 3 is 2.38 bits per heavy atom. The van der Waals surface area contributed by atoms with Crippen molar-refractivity contribution in [2.75, 3.05) is 17.8 Å². The molecule has 48 heavy (non-hydrogen) atoms. The first kappa shape index (κ1) is 34.6. The molecule has 1 aliphatic rings. The van der Waals surface area contributed by atoms with Gasteiger partial charge in [-0.25, -0.2) is 14.5 Å². The molecule has 1 saturated heterocycles. The van der Waals surface area contributed by atoms with Crippen molar-refractivity contribution in [3.63, 3.8) is 0 Å². The van der Waals surface area contributed by atoms with E-state index in [0.29, 0.717) is 22.4 Å². The molecule has 1 atom stereocenters. The number of ether oxygens (including phenoxy) is 2. The smallest absolute Gasteiger partial charge is 0.497 e. The van der Waals surface area contributed by atoms with Crippen LogP contribution in [0.5, 0.6) is 11.5 Å². The van der Waals surface area contributed by atoms with Gasteiger partial charge in [0.15, 0.2) is 11.0 Å². The number of benzene rings is 3. The third-order valence-electron chi connectivity index (χ3n) is 7.99.